The summed E-state index contributed by atoms with van der Waals surface area (Å²) >= 11 is 0. The maximum atomic E-state index is 8.69. The zero-order valence-corrected chi connectivity index (χ0v) is 8.51. The molecule has 0 unspecified atom stereocenters. The number of benzene rings is 1. The van der Waals surface area contributed by atoms with E-state index in [-0.39, 0.29) is 0 Å². The van der Waals surface area contributed by atoms with Gasteiger partial charge in [0.25, 0.3) is 0 Å². The molecule has 0 spiro atoms. The Labute approximate surface area is 93.1 Å². The third kappa shape index (κ3) is 1.66. The molecule has 0 saturated carbocycles. The van der Waals surface area contributed by atoms with Crippen LogP contribution in [0.2, 0.25) is 0 Å². The molecule has 0 saturated heterocycles. The average molecular weight is 210 g/mol. The van der Waals surface area contributed by atoms with Gasteiger partial charge in [-0.25, -0.2) is 4.98 Å². The molecule has 16 heavy (non-hydrogen) atoms. The summed E-state index contributed by atoms with van der Waals surface area (Å²) in [6, 6.07) is 12.7. The number of nitrogens with zero attached hydrogens (tertiary/aromatic N) is 2. The van der Waals surface area contributed by atoms with Gasteiger partial charge in [0.05, 0.1) is 0 Å². The zero-order valence-electron chi connectivity index (χ0n) is 8.51. The third-order valence-electron chi connectivity index (χ3n) is 2.29. The Balaban J connectivity index is 2.58. The van der Waals surface area contributed by atoms with Crippen molar-refractivity contribution in [3.8, 4) is 17.2 Å². The van der Waals surface area contributed by atoms with Crippen LogP contribution in [0, 0.1) is 11.3 Å². The van der Waals surface area contributed by atoms with Gasteiger partial charge in [-0.1, -0.05) is 18.2 Å². The fourth-order valence-electron chi connectivity index (χ4n) is 1.51. The lowest BCUT2D eigenvalue weighted by Crippen LogP contribution is -1.98. The summed E-state index contributed by atoms with van der Waals surface area (Å²) in [4.78, 5) is 3.97. The standard InChI is InChI=1S/C12H10N4/c13-7-8-5-6-10(12(15)16-8)9-3-1-2-4-11(9)14/h1-6H,14H2,(H2,15,16). The van der Waals surface area contributed by atoms with E-state index < -0.39 is 0 Å². The Bertz CT molecular complexity index is 569. The van der Waals surface area contributed by atoms with Crippen LogP contribution in [0.15, 0.2) is 36.4 Å². The summed E-state index contributed by atoms with van der Waals surface area (Å²) in [5.74, 6) is 0.317. The van der Waals surface area contributed by atoms with E-state index in [1.807, 2.05) is 24.3 Å². The van der Waals surface area contributed by atoms with E-state index in [1.54, 1.807) is 18.2 Å². The molecule has 0 amide bonds. The minimum Gasteiger partial charge on any atom is -0.398 e. The minimum absolute atomic E-state index is 0.302. The molecule has 0 radical (unpaired) electrons. The summed E-state index contributed by atoms with van der Waals surface area (Å²) < 4.78 is 0. The van der Waals surface area contributed by atoms with E-state index in [9.17, 15) is 0 Å². The quantitative estimate of drug-likeness (QED) is 0.702. The molecule has 78 valence electrons. The number of hydrogen-bond acceptors (Lipinski definition) is 4. The number of rotatable bonds is 1. The Morgan fingerprint density at radius 1 is 1.00 bits per heavy atom. The number of pyridine rings is 1. The van der Waals surface area contributed by atoms with Crippen molar-refractivity contribution in [3.63, 3.8) is 0 Å². The first-order valence-corrected chi connectivity index (χ1v) is 4.74. The van der Waals surface area contributed by atoms with E-state index >= 15 is 0 Å². The largest absolute Gasteiger partial charge is 0.398 e. The molecule has 0 atom stereocenters. The molecule has 0 fully saturated rings. The van der Waals surface area contributed by atoms with Crippen LogP contribution in [0.4, 0.5) is 11.5 Å². The van der Waals surface area contributed by atoms with E-state index in [0.717, 1.165) is 11.1 Å². The summed E-state index contributed by atoms with van der Waals surface area (Å²) in [6.07, 6.45) is 0. The van der Waals surface area contributed by atoms with Gasteiger partial charge in [-0.05, 0) is 18.2 Å². The highest BCUT2D eigenvalue weighted by Gasteiger charge is 2.07. The van der Waals surface area contributed by atoms with Crippen LogP contribution in [0.3, 0.4) is 0 Å². The molecular weight excluding hydrogens is 200 g/mol. The lowest BCUT2D eigenvalue weighted by Gasteiger charge is -2.07. The Kier molecular flexibility index (Phi) is 2.44. The number of nitrogen functional groups attached to an aromatic ring is 2. The predicted molar refractivity (Wildman–Crippen MR) is 63.2 cm³/mol. The van der Waals surface area contributed by atoms with Crippen LogP contribution in [-0.4, -0.2) is 4.98 Å². The molecule has 1 aromatic heterocycles. The van der Waals surface area contributed by atoms with E-state index in [2.05, 4.69) is 4.98 Å². The van der Waals surface area contributed by atoms with Gasteiger partial charge in [0.15, 0.2) is 0 Å². The summed E-state index contributed by atoms with van der Waals surface area (Å²) in [6.45, 7) is 0. The van der Waals surface area contributed by atoms with Crippen molar-refractivity contribution >= 4 is 11.5 Å². The van der Waals surface area contributed by atoms with Gasteiger partial charge in [0.2, 0.25) is 0 Å². The maximum Gasteiger partial charge on any atom is 0.142 e. The first-order chi connectivity index (χ1) is 7.72. The number of anilines is 2. The van der Waals surface area contributed by atoms with Crippen LogP contribution in [0.5, 0.6) is 0 Å². The molecule has 1 aromatic carbocycles. The molecule has 1 heterocycles. The highest BCUT2D eigenvalue weighted by molar-refractivity contribution is 5.82. The molecule has 4 N–H and O–H groups in total. The van der Waals surface area contributed by atoms with Crippen molar-refractivity contribution < 1.29 is 0 Å². The van der Waals surface area contributed by atoms with Crippen molar-refractivity contribution in [1.29, 1.82) is 5.26 Å². The number of hydrogen-bond donors (Lipinski definition) is 2. The Hall–Kier alpha value is -2.54. The molecule has 2 aromatic rings. The minimum atomic E-state index is 0.302. The van der Waals surface area contributed by atoms with Crippen LogP contribution in [0.25, 0.3) is 11.1 Å². The SMILES string of the molecule is N#Cc1ccc(-c2ccccc2N)c(N)n1. The fraction of sp³-hybridized carbons (Fsp3) is 0. The second-order valence-electron chi connectivity index (χ2n) is 3.33. The van der Waals surface area contributed by atoms with Crippen molar-refractivity contribution in [1.82, 2.24) is 4.98 Å². The van der Waals surface area contributed by atoms with Crippen molar-refractivity contribution in [2.45, 2.75) is 0 Å². The monoisotopic (exact) mass is 210 g/mol. The lowest BCUT2D eigenvalue weighted by molar-refractivity contribution is 1.27. The first kappa shape index (κ1) is 9.99. The normalized spacial score (nSPS) is 9.69. The van der Waals surface area contributed by atoms with Gasteiger partial charge in [0, 0.05) is 16.8 Å². The Morgan fingerprint density at radius 2 is 1.75 bits per heavy atom. The topological polar surface area (TPSA) is 88.7 Å². The van der Waals surface area contributed by atoms with Crippen molar-refractivity contribution in [2.24, 2.45) is 0 Å². The molecular formula is C12H10N4. The highest BCUT2D eigenvalue weighted by atomic mass is 14.8. The number of nitrogens with two attached hydrogens (primary N) is 2. The van der Waals surface area contributed by atoms with E-state index in [4.69, 9.17) is 16.7 Å². The Morgan fingerprint density at radius 3 is 2.38 bits per heavy atom. The van der Waals surface area contributed by atoms with E-state index in [0.29, 0.717) is 17.2 Å². The van der Waals surface area contributed by atoms with Gasteiger partial charge < -0.3 is 11.5 Å². The fourth-order valence-corrected chi connectivity index (χ4v) is 1.51. The van der Waals surface area contributed by atoms with Gasteiger partial charge >= 0.3 is 0 Å². The molecule has 2 rings (SSSR count). The van der Waals surface area contributed by atoms with E-state index in [1.165, 1.54) is 0 Å². The third-order valence-corrected chi connectivity index (χ3v) is 2.29. The van der Waals surface area contributed by atoms with Crippen LogP contribution < -0.4 is 11.5 Å². The maximum absolute atomic E-state index is 8.69. The molecule has 0 bridgehead atoms. The molecule has 4 heteroatoms. The van der Waals surface area contributed by atoms with Gasteiger partial charge in [-0.3, -0.25) is 0 Å². The van der Waals surface area contributed by atoms with Crippen molar-refractivity contribution in [3.05, 3.63) is 42.1 Å². The molecule has 0 aliphatic rings. The smallest absolute Gasteiger partial charge is 0.142 e. The first-order valence-electron chi connectivity index (χ1n) is 4.74. The highest BCUT2D eigenvalue weighted by Crippen LogP contribution is 2.29. The zero-order chi connectivity index (χ0) is 11.5. The van der Waals surface area contributed by atoms with Crippen LogP contribution >= 0.6 is 0 Å². The second kappa shape index (κ2) is 3.91. The molecule has 4 nitrogen and oxygen atoms in total. The van der Waals surface area contributed by atoms with Crippen molar-refractivity contribution in [2.75, 3.05) is 11.5 Å². The predicted octanol–water partition coefficient (Wildman–Crippen LogP) is 1.78. The summed E-state index contributed by atoms with van der Waals surface area (Å²) in [5, 5.41) is 8.69. The average Bonchev–Trinajstić information content (AvgIpc) is 2.30. The summed E-state index contributed by atoms with van der Waals surface area (Å²) in [5.41, 5.74) is 14.1. The molecule has 0 aliphatic carbocycles. The van der Waals surface area contributed by atoms with Gasteiger partial charge in [0.1, 0.15) is 17.6 Å². The summed E-state index contributed by atoms with van der Waals surface area (Å²) in [7, 11) is 0. The number of nitriles is 1. The number of para-hydroxylation sites is 1. The van der Waals surface area contributed by atoms with Crippen LogP contribution in [-0.2, 0) is 0 Å². The number of aromatic nitrogens is 1. The van der Waals surface area contributed by atoms with Crippen LogP contribution in [0.1, 0.15) is 5.69 Å². The van der Waals surface area contributed by atoms with Gasteiger partial charge in [-0.2, -0.15) is 5.26 Å². The van der Waals surface area contributed by atoms with Gasteiger partial charge in [-0.15, -0.1) is 0 Å². The molecule has 0 aliphatic heterocycles. The second-order valence-corrected chi connectivity index (χ2v) is 3.33. The lowest BCUT2D eigenvalue weighted by atomic mass is 10.0.